The van der Waals surface area contributed by atoms with Gasteiger partial charge in [0.2, 0.25) is 0 Å². The number of nitrogens with zero attached hydrogens (tertiary/aromatic N) is 1. The van der Waals surface area contributed by atoms with Crippen LogP contribution in [0.3, 0.4) is 0 Å². The van der Waals surface area contributed by atoms with Crippen LogP contribution in [0.4, 0.5) is 0 Å². The number of rotatable bonds is 0. The molecule has 0 amide bonds. The maximum atomic E-state index is 8.44. The van der Waals surface area contributed by atoms with Crippen molar-refractivity contribution in [3.8, 4) is 0 Å². The van der Waals surface area contributed by atoms with Gasteiger partial charge in [-0.1, -0.05) is 6.07 Å². The van der Waals surface area contributed by atoms with Crippen LogP contribution in [0.2, 0.25) is 0 Å². The minimum absolute atomic E-state index is 1.07. The van der Waals surface area contributed by atoms with Crippen molar-refractivity contribution >= 4 is 10.6 Å². The molecule has 0 aromatic carbocycles. The Labute approximate surface area is 66.0 Å². The molecule has 0 aliphatic rings. The van der Waals surface area contributed by atoms with Crippen LogP contribution in [0.1, 0.15) is 5.69 Å². The summed E-state index contributed by atoms with van der Waals surface area (Å²) in [5.74, 6) is 0. The second-order valence-electron chi connectivity index (χ2n) is 1.68. The highest BCUT2D eigenvalue weighted by atomic mass is 32.2. The average molecular weight is 173 g/mol. The van der Waals surface area contributed by atoms with Crippen molar-refractivity contribution in [3.63, 3.8) is 0 Å². The van der Waals surface area contributed by atoms with Crippen molar-refractivity contribution in [3.05, 3.63) is 30.1 Å². The smallest absolute Gasteiger partial charge is 0.262 e. The first-order valence-electron chi connectivity index (χ1n) is 2.77. The van der Waals surface area contributed by atoms with E-state index in [0.29, 0.717) is 0 Å². The maximum Gasteiger partial charge on any atom is 0.425 e. The lowest BCUT2D eigenvalue weighted by atomic mass is 10.4. The van der Waals surface area contributed by atoms with Gasteiger partial charge in [-0.15, -0.1) is 12.6 Å². The van der Waals surface area contributed by atoms with E-state index in [2.05, 4.69) is 4.98 Å². The van der Waals surface area contributed by atoms with Crippen LogP contribution in [0.25, 0.3) is 0 Å². The van der Waals surface area contributed by atoms with Gasteiger partial charge < -0.3 is 0 Å². The van der Waals surface area contributed by atoms with E-state index in [1.807, 2.05) is 25.1 Å². The molecule has 0 atom stereocenters. The summed E-state index contributed by atoms with van der Waals surface area (Å²) in [4.78, 5) is 3.98. The molecule has 1 heterocycles. The quantitative estimate of drug-likeness (QED) is 0.569. The maximum absolute atomic E-state index is 8.44. The molecule has 0 bridgehead atoms. The van der Waals surface area contributed by atoms with Crippen molar-refractivity contribution in [1.29, 1.82) is 0 Å². The van der Waals surface area contributed by atoms with Crippen molar-refractivity contribution in [2.45, 2.75) is 6.92 Å². The molecule has 0 aliphatic carbocycles. The molecule has 0 unspecified atom stereocenters. The molecule has 1 rings (SSSR count). The third-order valence-electron chi connectivity index (χ3n) is 0.813. The van der Waals surface area contributed by atoms with E-state index in [4.69, 9.17) is 12.6 Å². The monoisotopic (exact) mass is 173 g/mol. The minimum Gasteiger partial charge on any atom is -0.262 e. The van der Waals surface area contributed by atoms with Gasteiger partial charge in [0.05, 0.1) is 0 Å². The molecule has 0 N–H and O–H groups in total. The second-order valence-corrected chi connectivity index (χ2v) is 2.08. The fourth-order valence-electron chi connectivity index (χ4n) is 0.448. The Kier molecular flexibility index (Phi) is 4.93. The Morgan fingerprint density at radius 1 is 1.27 bits per heavy atom. The van der Waals surface area contributed by atoms with Crippen molar-refractivity contribution in [1.82, 2.24) is 4.98 Å². The first-order valence-corrected chi connectivity index (χ1v) is 3.77. The normalized spacial score (nSPS) is 7.73. The van der Waals surface area contributed by atoms with Crippen LogP contribution >= 0.6 is 0 Å². The lowest BCUT2D eigenvalue weighted by Crippen LogP contribution is -1.72. The highest BCUT2D eigenvalue weighted by Crippen LogP contribution is 1.85. The zero-order valence-electron chi connectivity index (χ0n) is 5.89. The standard InChI is InChI=1S/C6H7N.O3S/c1-6-4-2-3-5-7-6;1-4(2)3/h2-5H,1H3;. The van der Waals surface area contributed by atoms with E-state index >= 15 is 0 Å². The predicted octanol–water partition coefficient (Wildman–Crippen LogP) is 0.386. The zero-order valence-corrected chi connectivity index (χ0v) is 6.71. The Bertz CT molecular complexity index is 284. The second kappa shape index (κ2) is 5.55. The van der Waals surface area contributed by atoms with Gasteiger partial charge in [-0.05, 0) is 19.1 Å². The summed E-state index contributed by atoms with van der Waals surface area (Å²) < 4.78 is 25.3. The number of hydrogen-bond donors (Lipinski definition) is 0. The van der Waals surface area contributed by atoms with Crippen molar-refractivity contribution in [2.24, 2.45) is 0 Å². The Hall–Kier alpha value is -1.23. The van der Waals surface area contributed by atoms with Crippen LogP contribution < -0.4 is 0 Å². The Morgan fingerprint density at radius 3 is 2.00 bits per heavy atom. The Balaban J connectivity index is 0.000000218. The average Bonchev–Trinajstić information content (AvgIpc) is 1.87. The summed E-state index contributed by atoms with van der Waals surface area (Å²) in [6.45, 7) is 1.97. The van der Waals surface area contributed by atoms with Crippen molar-refractivity contribution < 1.29 is 12.6 Å². The van der Waals surface area contributed by atoms with E-state index in [1.165, 1.54) is 0 Å². The van der Waals surface area contributed by atoms with E-state index < -0.39 is 10.6 Å². The van der Waals surface area contributed by atoms with Gasteiger partial charge in [-0.25, -0.2) is 0 Å². The zero-order chi connectivity index (χ0) is 8.69. The molecule has 0 fully saturated rings. The largest absolute Gasteiger partial charge is 0.425 e. The minimum atomic E-state index is -3.11. The summed E-state index contributed by atoms with van der Waals surface area (Å²) in [6, 6.07) is 5.86. The third kappa shape index (κ3) is 8.77. The highest BCUT2D eigenvalue weighted by molar-refractivity contribution is 7.59. The number of aryl methyl sites for hydroxylation is 1. The fraction of sp³-hybridized carbons (Fsp3) is 0.167. The van der Waals surface area contributed by atoms with E-state index in [1.54, 1.807) is 6.20 Å². The summed E-state index contributed by atoms with van der Waals surface area (Å²) in [6.07, 6.45) is 1.79. The lowest BCUT2D eigenvalue weighted by Gasteiger charge is -1.82. The van der Waals surface area contributed by atoms with E-state index in [9.17, 15) is 0 Å². The molecular weight excluding hydrogens is 166 g/mol. The fourth-order valence-corrected chi connectivity index (χ4v) is 0.448. The molecule has 4 nitrogen and oxygen atoms in total. The molecule has 1 aromatic heterocycles. The topological polar surface area (TPSA) is 64.1 Å². The summed E-state index contributed by atoms with van der Waals surface area (Å²) in [7, 11) is -3.11. The van der Waals surface area contributed by atoms with Crippen LogP contribution in [-0.2, 0) is 10.6 Å². The molecule has 5 heteroatoms. The highest BCUT2D eigenvalue weighted by Gasteiger charge is 1.73. The summed E-state index contributed by atoms with van der Waals surface area (Å²) in [5.41, 5.74) is 1.07. The summed E-state index contributed by atoms with van der Waals surface area (Å²) in [5, 5.41) is 0. The van der Waals surface area contributed by atoms with Crippen LogP contribution in [0.15, 0.2) is 24.4 Å². The number of hydrogen-bond acceptors (Lipinski definition) is 4. The molecule has 0 saturated heterocycles. The predicted molar refractivity (Wildman–Crippen MR) is 38.7 cm³/mol. The molecular formula is C6H7NO3S. The van der Waals surface area contributed by atoms with Crippen LogP contribution in [0.5, 0.6) is 0 Å². The van der Waals surface area contributed by atoms with E-state index in [-0.39, 0.29) is 0 Å². The first-order chi connectivity index (χ1) is 5.13. The Morgan fingerprint density at radius 2 is 1.82 bits per heavy atom. The van der Waals surface area contributed by atoms with Crippen LogP contribution in [0, 0.1) is 6.92 Å². The third-order valence-corrected chi connectivity index (χ3v) is 0.813. The van der Waals surface area contributed by atoms with Crippen molar-refractivity contribution in [2.75, 3.05) is 0 Å². The molecule has 0 spiro atoms. The van der Waals surface area contributed by atoms with Gasteiger partial charge >= 0.3 is 10.6 Å². The molecule has 0 aliphatic heterocycles. The van der Waals surface area contributed by atoms with Crippen LogP contribution in [-0.4, -0.2) is 17.6 Å². The van der Waals surface area contributed by atoms with Gasteiger partial charge in [0.25, 0.3) is 0 Å². The van der Waals surface area contributed by atoms with Gasteiger partial charge in [0.15, 0.2) is 0 Å². The van der Waals surface area contributed by atoms with Gasteiger partial charge in [-0.3, -0.25) is 4.98 Å². The lowest BCUT2D eigenvalue weighted by molar-refractivity contribution is 0.559. The molecule has 11 heavy (non-hydrogen) atoms. The molecule has 0 radical (unpaired) electrons. The molecule has 0 saturated carbocycles. The number of pyridine rings is 1. The van der Waals surface area contributed by atoms with E-state index in [0.717, 1.165) is 5.69 Å². The number of aromatic nitrogens is 1. The molecule has 1 aromatic rings. The summed E-state index contributed by atoms with van der Waals surface area (Å²) >= 11 is 0. The van der Waals surface area contributed by atoms with Gasteiger partial charge in [-0.2, -0.15) is 0 Å². The van der Waals surface area contributed by atoms with Gasteiger partial charge in [0.1, 0.15) is 0 Å². The van der Waals surface area contributed by atoms with Gasteiger partial charge in [0, 0.05) is 11.9 Å². The molecule has 60 valence electrons. The first kappa shape index (κ1) is 9.77. The SMILES string of the molecule is Cc1ccccn1.O=S(=O)=O.